The molecule has 1 aromatic heterocycles. The number of rotatable bonds is 6. The van der Waals surface area contributed by atoms with Crippen molar-refractivity contribution in [2.45, 2.75) is 26.8 Å². The van der Waals surface area contributed by atoms with Gasteiger partial charge in [-0.2, -0.15) is 0 Å². The van der Waals surface area contributed by atoms with Crippen LogP contribution in [0.2, 0.25) is 0 Å². The number of hydrogen-bond acceptors (Lipinski definition) is 5. The summed E-state index contributed by atoms with van der Waals surface area (Å²) in [4.78, 5) is 12.8. The molecule has 0 bridgehead atoms. The van der Waals surface area contributed by atoms with Gasteiger partial charge in [0, 0.05) is 5.56 Å². The Hall–Kier alpha value is -3.29. The molecule has 1 amide bonds. The average Bonchev–Trinajstić information content (AvgIpc) is 3.20. The summed E-state index contributed by atoms with van der Waals surface area (Å²) in [6.45, 7) is 6.10. The zero-order chi connectivity index (χ0) is 20.1. The van der Waals surface area contributed by atoms with Crippen LogP contribution in [-0.2, 0) is 0 Å². The van der Waals surface area contributed by atoms with E-state index < -0.39 is 5.82 Å². The summed E-state index contributed by atoms with van der Waals surface area (Å²) in [5.74, 6) is -0.533. The number of para-hydroxylation sites is 1. The van der Waals surface area contributed by atoms with E-state index in [4.69, 9.17) is 4.74 Å². The average molecular weight is 383 g/mol. The highest BCUT2D eigenvalue weighted by Crippen LogP contribution is 2.23. The molecule has 28 heavy (non-hydrogen) atoms. The van der Waals surface area contributed by atoms with Gasteiger partial charge in [-0.05, 0) is 46.2 Å². The number of aromatic nitrogens is 4. The largest absolute Gasteiger partial charge is 0.488 e. The lowest BCUT2D eigenvalue weighted by atomic mass is 9.87. The zero-order valence-electron chi connectivity index (χ0n) is 16.0. The van der Waals surface area contributed by atoms with Gasteiger partial charge in [-0.3, -0.25) is 4.79 Å². The molecule has 0 spiro atoms. The van der Waals surface area contributed by atoms with Crippen molar-refractivity contribution in [3.63, 3.8) is 0 Å². The van der Waals surface area contributed by atoms with Gasteiger partial charge in [-0.15, -0.1) is 5.10 Å². The Balaban J connectivity index is 1.73. The van der Waals surface area contributed by atoms with E-state index in [1.165, 1.54) is 17.1 Å². The van der Waals surface area contributed by atoms with Crippen molar-refractivity contribution in [2.75, 3.05) is 6.61 Å². The van der Waals surface area contributed by atoms with Crippen LogP contribution in [0.3, 0.4) is 0 Å². The molecule has 8 heteroatoms. The molecule has 2 aromatic carbocycles. The maximum atomic E-state index is 13.8. The number of benzene rings is 2. The van der Waals surface area contributed by atoms with Crippen molar-refractivity contribution in [1.82, 2.24) is 25.5 Å². The van der Waals surface area contributed by atoms with Crippen LogP contribution in [0.1, 0.15) is 31.1 Å². The second-order valence-electron chi connectivity index (χ2n) is 7.44. The van der Waals surface area contributed by atoms with Gasteiger partial charge in [-0.25, -0.2) is 9.07 Å². The predicted octanol–water partition coefficient (Wildman–Crippen LogP) is 3.02. The number of hydrogen-bond donors (Lipinski definition) is 1. The Labute approximate surface area is 162 Å². The van der Waals surface area contributed by atoms with Crippen LogP contribution in [0.4, 0.5) is 4.39 Å². The van der Waals surface area contributed by atoms with E-state index >= 15 is 0 Å². The van der Waals surface area contributed by atoms with Crippen LogP contribution in [0.25, 0.3) is 5.69 Å². The Morgan fingerprint density at radius 3 is 2.68 bits per heavy atom. The minimum absolute atomic E-state index is 0.142. The van der Waals surface area contributed by atoms with Gasteiger partial charge in [0.1, 0.15) is 12.9 Å². The van der Waals surface area contributed by atoms with Gasteiger partial charge in [0.25, 0.3) is 5.91 Å². The topological polar surface area (TPSA) is 81.9 Å². The van der Waals surface area contributed by atoms with Crippen LogP contribution in [0.5, 0.6) is 5.75 Å². The maximum Gasteiger partial charge on any atom is 0.251 e. The quantitative estimate of drug-likeness (QED) is 0.708. The molecule has 3 aromatic rings. The lowest BCUT2D eigenvalue weighted by Gasteiger charge is -2.31. The Bertz CT molecular complexity index is 938. The smallest absolute Gasteiger partial charge is 0.251 e. The summed E-state index contributed by atoms with van der Waals surface area (Å²) in [6, 6.07) is 12.8. The maximum absolute atomic E-state index is 13.8. The number of nitrogens with zero attached hydrogens (tertiary/aromatic N) is 4. The standard InChI is InChI=1S/C20H22FN5O2/c1-20(2,3)18(12-28-17-10-5-4-9-16(17)21)23-19(27)14-7-6-8-15(11-14)26-13-22-24-25-26/h4-11,13,18H,12H2,1-3H3,(H,23,27). The molecule has 146 valence electrons. The van der Waals surface area contributed by atoms with E-state index in [2.05, 4.69) is 20.8 Å². The normalized spacial score (nSPS) is 12.4. The van der Waals surface area contributed by atoms with Crippen molar-refractivity contribution in [1.29, 1.82) is 0 Å². The van der Waals surface area contributed by atoms with Crippen molar-refractivity contribution in [3.05, 3.63) is 66.2 Å². The lowest BCUT2D eigenvalue weighted by molar-refractivity contribution is 0.0860. The summed E-state index contributed by atoms with van der Waals surface area (Å²) < 4.78 is 20.9. The van der Waals surface area contributed by atoms with Gasteiger partial charge in [-0.1, -0.05) is 39.0 Å². The van der Waals surface area contributed by atoms with E-state index in [9.17, 15) is 9.18 Å². The Morgan fingerprint density at radius 2 is 2.00 bits per heavy atom. The van der Waals surface area contributed by atoms with E-state index in [-0.39, 0.29) is 29.7 Å². The molecule has 1 heterocycles. The number of tetrazole rings is 1. The first-order valence-corrected chi connectivity index (χ1v) is 8.86. The molecule has 0 fully saturated rings. The number of carbonyl (C=O) groups excluding carboxylic acids is 1. The van der Waals surface area contributed by atoms with Gasteiger partial charge in [0.15, 0.2) is 11.6 Å². The summed E-state index contributed by atoms with van der Waals surface area (Å²) in [6.07, 6.45) is 1.46. The number of halogens is 1. The predicted molar refractivity (Wildman–Crippen MR) is 102 cm³/mol. The number of carbonyl (C=O) groups is 1. The van der Waals surface area contributed by atoms with Gasteiger partial charge >= 0.3 is 0 Å². The Kier molecular flexibility index (Phi) is 5.67. The molecular formula is C20H22FN5O2. The first-order valence-electron chi connectivity index (χ1n) is 8.86. The molecule has 1 unspecified atom stereocenters. The zero-order valence-corrected chi connectivity index (χ0v) is 16.0. The van der Waals surface area contributed by atoms with E-state index in [1.54, 1.807) is 42.5 Å². The van der Waals surface area contributed by atoms with Crippen molar-refractivity contribution in [2.24, 2.45) is 5.41 Å². The first kappa shape index (κ1) is 19.5. The minimum atomic E-state index is -0.435. The highest BCUT2D eigenvalue weighted by molar-refractivity contribution is 5.95. The molecule has 0 aliphatic rings. The van der Waals surface area contributed by atoms with Crippen molar-refractivity contribution < 1.29 is 13.9 Å². The van der Waals surface area contributed by atoms with Crippen LogP contribution in [0.15, 0.2) is 54.9 Å². The second kappa shape index (κ2) is 8.16. The molecule has 0 saturated heterocycles. The van der Waals surface area contributed by atoms with E-state index in [0.29, 0.717) is 11.3 Å². The minimum Gasteiger partial charge on any atom is -0.488 e. The lowest BCUT2D eigenvalue weighted by Crippen LogP contribution is -2.47. The SMILES string of the molecule is CC(C)(C)C(COc1ccccc1F)NC(=O)c1cccc(-n2cnnn2)c1. The van der Waals surface area contributed by atoms with Crippen LogP contribution in [-0.4, -0.2) is 38.8 Å². The third kappa shape index (κ3) is 4.70. The van der Waals surface area contributed by atoms with Gasteiger partial charge in [0.2, 0.25) is 0 Å². The van der Waals surface area contributed by atoms with Gasteiger partial charge in [0.05, 0.1) is 11.7 Å². The van der Waals surface area contributed by atoms with Crippen LogP contribution >= 0.6 is 0 Å². The summed E-state index contributed by atoms with van der Waals surface area (Å²) in [7, 11) is 0. The molecule has 7 nitrogen and oxygen atoms in total. The molecule has 0 saturated carbocycles. The molecule has 0 aliphatic carbocycles. The number of nitrogens with one attached hydrogen (secondary N) is 1. The van der Waals surface area contributed by atoms with Crippen LogP contribution < -0.4 is 10.1 Å². The molecule has 3 rings (SSSR count). The summed E-state index contributed by atoms with van der Waals surface area (Å²) in [5, 5.41) is 14.0. The van der Waals surface area contributed by atoms with E-state index in [1.807, 2.05) is 20.8 Å². The third-order valence-electron chi connectivity index (χ3n) is 4.31. The fourth-order valence-electron chi connectivity index (χ4n) is 2.55. The molecule has 0 aliphatic heterocycles. The monoisotopic (exact) mass is 383 g/mol. The van der Waals surface area contributed by atoms with E-state index in [0.717, 1.165) is 0 Å². The number of amides is 1. The van der Waals surface area contributed by atoms with Crippen molar-refractivity contribution >= 4 is 5.91 Å². The fraction of sp³-hybridized carbons (Fsp3) is 0.300. The molecule has 0 radical (unpaired) electrons. The van der Waals surface area contributed by atoms with Crippen molar-refractivity contribution in [3.8, 4) is 11.4 Å². The number of ether oxygens (including phenoxy) is 1. The van der Waals surface area contributed by atoms with Crippen LogP contribution in [0, 0.1) is 11.2 Å². The molecular weight excluding hydrogens is 361 g/mol. The summed E-state index contributed by atoms with van der Waals surface area (Å²) >= 11 is 0. The molecule has 1 atom stereocenters. The molecule has 1 N–H and O–H groups in total. The second-order valence-corrected chi connectivity index (χ2v) is 7.44. The first-order chi connectivity index (χ1) is 13.3. The third-order valence-corrected chi connectivity index (χ3v) is 4.31. The summed E-state index contributed by atoms with van der Waals surface area (Å²) in [5.41, 5.74) is 0.842. The fourth-order valence-corrected chi connectivity index (χ4v) is 2.55. The Morgan fingerprint density at radius 1 is 1.21 bits per heavy atom. The highest BCUT2D eigenvalue weighted by Gasteiger charge is 2.28. The highest BCUT2D eigenvalue weighted by atomic mass is 19.1. The van der Waals surface area contributed by atoms with Gasteiger partial charge < -0.3 is 10.1 Å².